The van der Waals surface area contributed by atoms with Crippen LogP contribution in [0.4, 0.5) is 4.79 Å². The third kappa shape index (κ3) is 7.31. The summed E-state index contributed by atoms with van der Waals surface area (Å²) in [5.41, 5.74) is 0. The van der Waals surface area contributed by atoms with Gasteiger partial charge in [-0.15, -0.1) is 0 Å². The summed E-state index contributed by atoms with van der Waals surface area (Å²) < 4.78 is 31.7. The Kier molecular flexibility index (Phi) is 9.66. The molecule has 1 saturated heterocycles. The van der Waals surface area contributed by atoms with Gasteiger partial charge in [-0.3, -0.25) is 14.4 Å². The van der Waals surface area contributed by atoms with E-state index in [0.717, 1.165) is 6.92 Å². The van der Waals surface area contributed by atoms with Crippen molar-refractivity contribution in [1.29, 1.82) is 0 Å². The fraction of sp³-hybridized carbons (Fsp3) is 0.765. The van der Waals surface area contributed by atoms with Crippen LogP contribution in [0.5, 0.6) is 0 Å². The third-order valence-electron chi connectivity index (χ3n) is 3.59. The van der Waals surface area contributed by atoms with Crippen molar-refractivity contribution < 1.29 is 47.6 Å². The van der Waals surface area contributed by atoms with E-state index in [1.807, 2.05) is 0 Å². The maximum atomic E-state index is 12.0. The van der Waals surface area contributed by atoms with Gasteiger partial charge in [0.1, 0.15) is 18.8 Å². The number of nitrogens with one attached hydrogen (secondary N) is 1. The summed E-state index contributed by atoms with van der Waals surface area (Å²) in [4.78, 5) is 46.4. The summed E-state index contributed by atoms with van der Waals surface area (Å²) in [6.45, 7) is 6.90. The summed E-state index contributed by atoms with van der Waals surface area (Å²) in [6.07, 6.45) is -5.20. The zero-order valence-electron chi connectivity index (χ0n) is 16.6. The second-order valence-corrected chi connectivity index (χ2v) is 5.84. The lowest BCUT2D eigenvalue weighted by molar-refractivity contribution is -0.276. The largest absolute Gasteiger partial charge is 0.463 e. The first-order valence-corrected chi connectivity index (χ1v) is 8.87. The lowest BCUT2D eigenvalue weighted by Crippen LogP contribution is -2.66. The molecule has 1 rings (SSSR count). The Morgan fingerprint density at radius 2 is 1.46 bits per heavy atom. The summed E-state index contributed by atoms with van der Waals surface area (Å²) in [7, 11) is 0. The lowest BCUT2D eigenvalue weighted by Gasteiger charge is -2.44. The monoisotopic (exact) mass is 405 g/mol. The van der Waals surface area contributed by atoms with Crippen LogP contribution in [0.2, 0.25) is 0 Å². The Morgan fingerprint density at radius 3 is 1.96 bits per heavy atom. The van der Waals surface area contributed by atoms with Crippen LogP contribution in [0.15, 0.2) is 0 Å². The molecule has 1 aliphatic rings. The van der Waals surface area contributed by atoms with Gasteiger partial charge in [-0.2, -0.15) is 0 Å². The summed E-state index contributed by atoms with van der Waals surface area (Å²) in [5, 5.41) is 2.51. The van der Waals surface area contributed by atoms with Gasteiger partial charge < -0.3 is 33.7 Å². The Morgan fingerprint density at radius 1 is 0.857 bits per heavy atom. The smallest absolute Gasteiger partial charge is 0.407 e. The molecule has 11 nitrogen and oxygen atoms in total. The van der Waals surface area contributed by atoms with E-state index < -0.39 is 54.6 Å². The van der Waals surface area contributed by atoms with Gasteiger partial charge in [0, 0.05) is 27.4 Å². The Bertz CT molecular complexity index is 566. The first-order valence-electron chi connectivity index (χ1n) is 8.87. The highest BCUT2D eigenvalue weighted by Gasteiger charge is 2.51. The normalized spacial score (nSPS) is 26.7. The van der Waals surface area contributed by atoms with E-state index >= 15 is 0 Å². The molecule has 1 fully saturated rings. The van der Waals surface area contributed by atoms with Crippen molar-refractivity contribution in [3.05, 3.63) is 0 Å². The van der Waals surface area contributed by atoms with E-state index in [1.165, 1.54) is 13.8 Å². The van der Waals surface area contributed by atoms with Gasteiger partial charge in [0.05, 0.1) is 6.61 Å². The van der Waals surface area contributed by atoms with Crippen molar-refractivity contribution in [2.45, 2.75) is 65.3 Å². The maximum absolute atomic E-state index is 12.0. The molecule has 11 heteroatoms. The predicted molar refractivity (Wildman–Crippen MR) is 92.0 cm³/mol. The number of hydrogen-bond donors (Lipinski definition) is 1. The molecule has 28 heavy (non-hydrogen) atoms. The molecule has 1 heterocycles. The van der Waals surface area contributed by atoms with Gasteiger partial charge in [0.2, 0.25) is 0 Å². The first-order chi connectivity index (χ1) is 13.2. The van der Waals surface area contributed by atoms with E-state index in [2.05, 4.69) is 5.32 Å². The van der Waals surface area contributed by atoms with E-state index in [-0.39, 0.29) is 19.8 Å². The molecular weight excluding hydrogens is 378 g/mol. The molecule has 1 amide bonds. The highest BCUT2D eigenvalue weighted by atomic mass is 16.7. The highest BCUT2D eigenvalue weighted by Crippen LogP contribution is 2.28. The maximum Gasteiger partial charge on any atom is 0.407 e. The van der Waals surface area contributed by atoms with Crippen LogP contribution in [0.1, 0.15) is 34.6 Å². The van der Waals surface area contributed by atoms with Crippen molar-refractivity contribution in [3.8, 4) is 0 Å². The van der Waals surface area contributed by atoms with Crippen molar-refractivity contribution in [2.75, 3.05) is 19.8 Å². The zero-order chi connectivity index (χ0) is 21.3. The number of rotatable bonds is 8. The fourth-order valence-corrected chi connectivity index (χ4v) is 2.67. The molecular formula is C17H27NO10. The molecule has 0 spiro atoms. The van der Waals surface area contributed by atoms with Crippen LogP contribution >= 0.6 is 0 Å². The minimum absolute atomic E-state index is 0.111. The Labute approximate surface area is 162 Å². The van der Waals surface area contributed by atoms with Crippen LogP contribution in [0.25, 0.3) is 0 Å². The number of esters is 3. The van der Waals surface area contributed by atoms with Crippen molar-refractivity contribution >= 4 is 24.0 Å². The minimum atomic E-state index is -1.17. The van der Waals surface area contributed by atoms with Gasteiger partial charge in [-0.1, -0.05) is 0 Å². The third-order valence-corrected chi connectivity index (χ3v) is 3.59. The summed E-state index contributed by atoms with van der Waals surface area (Å²) >= 11 is 0. The lowest BCUT2D eigenvalue weighted by atomic mass is 9.96. The number of carbonyl (C=O) groups is 4. The molecule has 0 radical (unpaired) electrons. The molecule has 0 bridgehead atoms. The topological polar surface area (TPSA) is 136 Å². The van der Waals surface area contributed by atoms with E-state index in [4.69, 9.17) is 28.4 Å². The van der Waals surface area contributed by atoms with E-state index in [0.29, 0.717) is 0 Å². The molecule has 1 aliphatic heterocycles. The molecule has 5 unspecified atom stereocenters. The second kappa shape index (κ2) is 11.4. The molecule has 160 valence electrons. The first kappa shape index (κ1) is 23.6. The van der Waals surface area contributed by atoms with Crippen LogP contribution in [0, 0.1) is 0 Å². The molecule has 0 aromatic rings. The second-order valence-electron chi connectivity index (χ2n) is 5.84. The molecule has 5 atom stereocenters. The van der Waals surface area contributed by atoms with Crippen molar-refractivity contribution in [3.63, 3.8) is 0 Å². The SMILES string of the molecule is CCOC(=O)NC1C(OCC)OC(COC(C)=O)C(OC(C)=O)C1OC(C)=O. The highest BCUT2D eigenvalue weighted by molar-refractivity contribution is 5.69. The predicted octanol–water partition coefficient (Wildman–Crippen LogP) is 0.289. The van der Waals surface area contributed by atoms with Gasteiger partial charge >= 0.3 is 24.0 Å². The average molecular weight is 405 g/mol. The number of carbonyl (C=O) groups excluding carboxylic acids is 4. The molecule has 0 aromatic carbocycles. The number of hydrogen-bond acceptors (Lipinski definition) is 10. The standard InChI is InChI=1S/C17H27NO10/c1-6-23-16-13(18-17(22)24-7-2)15(27-11(5)21)14(26-10(4)20)12(28-16)8-25-9(3)19/h12-16H,6-8H2,1-5H3,(H,18,22). The molecule has 0 aliphatic carbocycles. The van der Waals surface area contributed by atoms with Crippen molar-refractivity contribution in [2.24, 2.45) is 0 Å². The van der Waals surface area contributed by atoms with E-state index in [1.54, 1.807) is 13.8 Å². The Hall–Kier alpha value is -2.40. The van der Waals surface area contributed by atoms with E-state index in [9.17, 15) is 19.2 Å². The van der Waals surface area contributed by atoms with Crippen LogP contribution in [-0.4, -0.2) is 74.5 Å². The van der Waals surface area contributed by atoms with Crippen LogP contribution in [-0.2, 0) is 42.8 Å². The van der Waals surface area contributed by atoms with Crippen LogP contribution < -0.4 is 5.32 Å². The quantitative estimate of drug-likeness (QED) is 0.443. The van der Waals surface area contributed by atoms with Gasteiger partial charge in [0.15, 0.2) is 18.5 Å². The fourth-order valence-electron chi connectivity index (χ4n) is 2.67. The zero-order valence-corrected chi connectivity index (χ0v) is 16.6. The van der Waals surface area contributed by atoms with Gasteiger partial charge in [-0.25, -0.2) is 4.79 Å². The molecule has 0 aromatic heterocycles. The van der Waals surface area contributed by atoms with Crippen molar-refractivity contribution in [1.82, 2.24) is 5.32 Å². The summed E-state index contributed by atoms with van der Waals surface area (Å²) in [5.74, 6) is -1.93. The molecule has 1 N–H and O–H groups in total. The van der Waals surface area contributed by atoms with Gasteiger partial charge in [0.25, 0.3) is 0 Å². The number of alkyl carbamates (subject to hydrolysis) is 1. The number of amides is 1. The molecule has 0 saturated carbocycles. The minimum Gasteiger partial charge on any atom is -0.463 e. The van der Waals surface area contributed by atoms with Gasteiger partial charge in [-0.05, 0) is 13.8 Å². The Balaban J connectivity index is 3.23. The number of ether oxygens (including phenoxy) is 6. The summed E-state index contributed by atoms with van der Waals surface area (Å²) in [6, 6.07) is -1.04. The van der Waals surface area contributed by atoms with Crippen LogP contribution in [0.3, 0.4) is 0 Å². The average Bonchev–Trinajstić information content (AvgIpc) is 2.58.